The van der Waals surface area contributed by atoms with Crippen molar-refractivity contribution >= 4 is 11.8 Å². The summed E-state index contributed by atoms with van der Waals surface area (Å²) in [6, 6.07) is 4.56. The Balaban J connectivity index is 1.89. The van der Waals surface area contributed by atoms with Gasteiger partial charge < -0.3 is 16.0 Å². The standard InChI is InChI=1S/C17H29N5/c1-3-14(2)21-17(18)20-13-15-8-9-16(19-12-15)22-10-6-4-5-7-11-22/h8-9,12,14H,3-7,10-11,13H2,1-2H3,(H3,18,20,21). The van der Waals surface area contributed by atoms with Crippen molar-refractivity contribution in [3.8, 4) is 0 Å². The van der Waals surface area contributed by atoms with Crippen LogP contribution in [0.15, 0.2) is 23.3 Å². The molecule has 0 aliphatic carbocycles. The molecule has 3 N–H and O–H groups in total. The van der Waals surface area contributed by atoms with Crippen LogP contribution >= 0.6 is 0 Å². The number of nitrogens with two attached hydrogens (primary N) is 1. The van der Waals surface area contributed by atoms with E-state index in [0.717, 1.165) is 30.9 Å². The van der Waals surface area contributed by atoms with Crippen molar-refractivity contribution in [3.63, 3.8) is 0 Å². The maximum Gasteiger partial charge on any atom is 0.189 e. The van der Waals surface area contributed by atoms with E-state index in [1.807, 2.05) is 6.20 Å². The highest BCUT2D eigenvalue weighted by atomic mass is 15.2. The van der Waals surface area contributed by atoms with Gasteiger partial charge in [-0.2, -0.15) is 0 Å². The molecule has 1 aromatic heterocycles. The summed E-state index contributed by atoms with van der Waals surface area (Å²) in [5, 5.41) is 3.17. The number of hydrogen-bond acceptors (Lipinski definition) is 3. The maximum atomic E-state index is 5.87. The smallest absolute Gasteiger partial charge is 0.189 e. The number of pyridine rings is 1. The monoisotopic (exact) mass is 303 g/mol. The van der Waals surface area contributed by atoms with E-state index in [1.54, 1.807) is 0 Å². The molecule has 0 spiro atoms. The van der Waals surface area contributed by atoms with Gasteiger partial charge in [0.25, 0.3) is 0 Å². The molecule has 2 rings (SSSR count). The summed E-state index contributed by atoms with van der Waals surface area (Å²) < 4.78 is 0. The van der Waals surface area contributed by atoms with Crippen molar-refractivity contribution in [2.75, 3.05) is 18.0 Å². The lowest BCUT2D eigenvalue weighted by Crippen LogP contribution is -2.38. The molecule has 1 aliphatic rings. The molecule has 122 valence electrons. The first-order chi connectivity index (χ1) is 10.7. The first-order valence-corrected chi connectivity index (χ1v) is 8.45. The zero-order valence-electron chi connectivity index (χ0n) is 13.9. The number of rotatable bonds is 5. The second-order valence-corrected chi connectivity index (χ2v) is 6.08. The predicted molar refractivity (Wildman–Crippen MR) is 93.1 cm³/mol. The Hall–Kier alpha value is -1.78. The Kier molecular flexibility index (Phi) is 6.49. The van der Waals surface area contributed by atoms with E-state index >= 15 is 0 Å². The number of anilines is 1. The molecule has 1 unspecified atom stereocenters. The third-order valence-electron chi connectivity index (χ3n) is 4.18. The summed E-state index contributed by atoms with van der Waals surface area (Å²) in [6.07, 6.45) is 8.16. The van der Waals surface area contributed by atoms with Crippen LogP contribution in [0.5, 0.6) is 0 Å². The van der Waals surface area contributed by atoms with Gasteiger partial charge in [-0.25, -0.2) is 9.98 Å². The van der Waals surface area contributed by atoms with E-state index in [1.165, 1.54) is 25.7 Å². The molecule has 1 aliphatic heterocycles. The lowest BCUT2D eigenvalue weighted by Gasteiger charge is -2.21. The fourth-order valence-corrected chi connectivity index (χ4v) is 2.57. The number of nitrogens with one attached hydrogen (secondary N) is 1. The largest absolute Gasteiger partial charge is 0.370 e. The maximum absolute atomic E-state index is 5.87. The average molecular weight is 303 g/mol. The zero-order chi connectivity index (χ0) is 15.8. The van der Waals surface area contributed by atoms with E-state index in [-0.39, 0.29) is 0 Å². The normalized spacial score (nSPS) is 17.9. The summed E-state index contributed by atoms with van der Waals surface area (Å²) in [5.74, 6) is 1.59. The van der Waals surface area contributed by atoms with Gasteiger partial charge >= 0.3 is 0 Å². The van der Waals surface area contributed by atoms with Crippen LogP contribution in [0.4, 0.5) is 5.82 Å². The van der Waals surface area contributed by atoms with E-state index in [4.69, 9.17) is 5.73 Å². The Morgan fingerprint density at radius 2 is 2.05 bits per heavy atom. The third kappa shape index (κ3) is 5.20. The number of guanidine groups is 1. The Morgan fingerprint density at radius 3 is 2.64 bits per heavy atom. The second-order valence-electron chi connectivity index (χ2n) is 6.08. The fraction of sp³-hybridized carbons (Fsp3) is 0.647. The van der Waals surface area contributed by atoms with Crippen LogP contribution in [0, 0.1) is 0 Å². The Morgan fingerprint density at radius 1 is 1.32 bits per heavy atom. The lowest BCUT2D eigenvalue weighted by atomic mass is 10.2. The topological polar surface area (TPSA) is 66.5 Å². The molecule has 0 bridgehead atoms. The molecule has 5 nitrogen and oxygen atoms in total. The van der Waals surface area contributed by atoms with Gasteiger partial charge in [0.2, 0.25) is 0 Å². The molecule has 0 amide bonds. The fourth-order valence-electron chi connectivity index (χ4n) is 2.57. The zero-order valence-corrected chi connectivity index (χ0v) is 13.9. The van der Waals surface area contributed by atoms with Crippen LogP contribution < -0.4 is 16.0 Å². The van der Waals surface area contributed by atoms with Crippen molar-refractivity contribution in [2.45, 2.75) is 58.5 Å². The number of aliphatic imine (C=N–C) groups is 1. The van der Waals surface area contributed by atoms with Crippen LogP contribution in [-0.4, -0.2) is 30.1 Å². The van der Waals surface area contributed by atoms with Crippen molar-refractivity contribution in [1.82, 2.24) is 10.3 Å². The summed E-state index contributed by atoms with van der Waals surface area (Å²) in [4.78, 5) is 11.4. The SMILES string of the molecule is CCC(C)NC(N)=NCc1ccc(N2CCCCCC2)nc1. The minimum atomic E-state index is 0.354. The lowest BCUT2D eigenvalue weighted by molar-refractivity contribution is 0.636. The van der Waals surface area contributed by atoms with Crippen molar-refractivity contribution < 1.29 is 0 Å². The number of hydrogen-bond donors (Lipinski definition) is 2. The van der Waals surface area contributed by atoms with Gasteiger partial charge in [0.1, 0.15) is 5.82 Å². The van der Waals surface area contributed by atoms with Gasteiger partial charge in [0, 0.05) is 25.3 Å². The molecule has 2 heterocycles. The average Bonchev–Trinajstić information content (AvgIpc) is 2.82. The second kappa shape index (κ2) is 8.61. The first-order valence-electron chi connectivity index (χ1n) is 8.45. The predicted octanol–water partition coefficient (Wildman–Crippen LogP) is 2.66. The molecule has 1 atom stereocenters. The van der Waals surface area contributed by atoms with Gasteiger partial charge in [-0.1, -0.05) is 25.8 Å². The highest BCUT2D eigenvalue weighted by Crippen LogP contribution is 2.17. The minimum absolute atomic E-state index is 0.354. The molecule has 22 heavy (non-hydrogen) atoms. The first kappa shape index (κ1) is 16.6. The highest BCUT2D eigenvalue weighted by molar-refractivity contribution is 5.78. The Bertz CT molecular complexity index is 460. The van der Waals surface area contributed by atoms with E-state index in [0.29, 0.717) is 18.5 Å². The molecule has 1 aromatic rings. The highest BCUT2D eigenvalue weighted by Gasteiger charge is 2.10. The third-order valence-corrected chi connectivity index (χ3v) is 4.18. The van der Waals surface area contributed by atoms with E-state index in [2.05, 4.69) is 46.2 Å². The molecular formula is C17H29N5. The van der Waals surface area contributed by atoms with E-state index in [9.17, 15) is 0 Å². The molecular weight excluding hydrogens is 274 g/mol. The molecule has 1 saturated heterocycles. The van der Waals surface area contributed by atoms with Gasteiger partial charge in [-0.05, 0) is 37.8 Å². The molecule has 1 fully saturated rings. The molecule has 0 aromatic carbocycles. The summed E-state index contributed by atoms with van der Waals surface area (Å²) >= 11 is 0. The number of aromatic nitrogens is 1. The van der Waals surface area contributed by atoms with Gasteiger partial charge in [-0.3, -0.25) is 0 Å². The summed E-state index contributed by atoms with van der Waals surface area (Å²) in [5.41, 5.74) is 6.96. The number of nitrogens with zero attached hydrogens (tertiary/aromatic N) is 3. The van der Waals surface area contributed by atoms with Gasteiger partial charge in [0.15, 0.2) is 5.96 Å². The van der Waals surface area contributed by atoms with Gasteiger partial charge in [0.05, 0.1) is 6.54 Å². The molecule has 5 heteroatoms. The van der Waals surface area contributed by atoms with Crippen LogP contribution in [0.2, 0.25) is 0 Å². The molecule has 0 radical (unpaired) electrons. The van der Waals surface area contributed by atoms with Crippen LogP contribution in [-0.2, 0) is 6.54 Å². The minimum Gasteiger partial charge on any atom is -0.370 e. The van der Waals surface area contributed by atoms with Crippen molar-refractivity contribution in [2.24, 2.45) is 10.7 Å². The van der Waals surface area contributed by atoms with Crippen LogP contribution in [0.3, 0.4) is 0 Å². The summed E-state index contributed by atoms with van der Waals surface area (Å²) in [6.45, 7) is 7.03. The van der Waals surface area contributed by atoms with Crippen LogP contribution in [0.1, 0.15) is 51.5 Å². The van der Waals surface area contributed by atoms with E-state index < -0.39 is 0 Å². The summed E-state index contributed by atoms with van der Waals surface area (Å²) in [7, 11) is 0. The quantitative estimate of drug-likeness (QED) is 0.648. The van der Waals surface area contributed by atoms with Crippen LogP contribution in [0.25, 0.3) is 0 Å². The van der Waals surface area contributed by atoms with Crippen molar-refractivity contribution in [1.29, 1.82) is 0 Å². The Labute approximate surface area is 134 Å². The molecule has 0 saturated carbocycles. The van der Waals surface area contributed by atoms with Crippen molar-refractivity contribution in [3.05, 3.63) is 23.9 Å². The van der Waals surface area contributed by atoms with Gasteiger partial charge in [-0.15, -0.1) is 0 Å².